The number of carbonyl (C=O) groups is 13. The first kappa shape index (κ1) is 77.3. The van der Waals surface area contributed by atoms with Crippen LogP contribution in [0.15, 0.2) is 47.3 Å². The van der Waals surface area contributed by atoms with Gasteiger partial charge in [-0.25, -0.2) is 14.2 Å². The summed E-state index contributed by atoms with van der Waals surface area (Å²) in [5.41, 5.74) is 12.6. The number of nitrogens with zero attached hydrogens (tertiary/aromatic N) is 6. The number of benzene rings is 2. The number of nitrogens with two attached hydrogens (primary N) is 2. The molecule has 0 unspecified atom stereocenters. The Morgan fingerprint density at radius 2 is 1.36 bits per heavy atom. The number of halogens is 1. The first-order valence-electron chi connectivity index (χ1n) is 32.7. The van der Waals surface area contributed by atoms with Crippen molar-refractivity contribution in [2.75, 3.05) is 93.9 Å². The van der Waals surface area contributed by atoms with Gasteiger partial charge < -0.3 is 102 Å². The summed E-state index contributed by atoms with van der Waals surface area (Å²) in [6.45, 7) is -2.02. The Kier molecular flexibility index (Phi) is 25.7. The lowest BCUT2D eigenvalue weighted by Gasteiger charge is -2.31. The number of esters is 1. The maximum Gasteiger partial charge on any atom is 0.343 e. The van der Waals surface area contributed by atoms with Crippen molar-refractivity contribution < 1.29 is 96.2 Å². The summed E-state index contributed by atoms with van der Waals surface area (Å²) >= 11 is 0. The van der Waals surface area contributed by atoms with Gasteiger partial charge in [-0.2, -0.15) is 0 Å². The minimum atomic E-state index is -2.08. The third-order valence-corrected chi connectivity index (χ3v) is 18.1. The average molecular weight is 1430 g/mol. The van der Waals surface area contributed by atoms with Crippen molar-refractivity contribution in [3.05, 3.63) is 97.6 Å². The molecular weight excluding hydrogens is 1340 g/mol. The van der Waals surface area contributed by atoms with Gasteiger partial charge in [0.05, 0.1) is 99.4 Å². The molecule has 4 aliphatic rings. The molecule has 8 atom stereocenters. The van der Waals surface area contributed by atoms with Crippen LogP contribution < -0.4 is 54.2 Å². The number of aliphatic hydroxyl groups is 3. The molecule has 0 bridgehead atoms. The predicted molar refractivity (Wildman–Crippen MR) is 354 cm³/mol. The van der Waals surface area contributed by atoms with Gasteiger partial charge in [-0.1, -0.05) is 37.3 Å². The third-order valence-electron chi connectivity index (χ3n) is 18.1. The SMILES string of the molecule is CC[C@@]1(O)C(=O)OCc2c1cc1n(c2=O)Cc2c-1nc1cc(F)c(C)c3c1c2[C@@H](NC(=O)COCNC(=O)CNC(=O)[C@H](Cc1ccccc1)NC(=O)CNC(=O)CNC(=O)[C@@H](N)CCC(=O)NC[C@H]1O[C@@H](CC(=O)N(C)CC(=O)N(C)CC(=O)N(C)CC(=O)N(C)CC(N)=O)[C@H](O)[C@@H]1O)CC3. The standard InChI is InChI=1S/C66H84FN15O20/c1-7-66(99)38-18-44-59-36(25-82(44)64(97)37(38)30-101-65(66)98)58-41(15-13-35-33(2)39(67)19-42(77-59)57(35)58)75-52(88)31-100-32-74-50(86)23-73-63(96)43(17-34-11-9-8-10-12-34)76-51(87)24-71-49(85)22-72-62(95)40(68)14-16-48(84)70-21-46-61(94)60(93)45(102-46)20-53(89)79(4)27-55(91)81(6)29-56(92)80(5)28-54(90)78(3)26-47(69)83/h8-12,18-19,40-41,43,45-46,60-61,93-94,99H,7,13-17,20-32,68H2,1-6H3,(H2,69,83)(H,70,84)(H,71,85)(H,72,95)(H,73,96)(H,74,86)(H,75,88)(H,76,87)/t40-,41-,43-,45-,46+,60-,61+,66-/m0/s1. The van der Waals surface area contributed by atoms with E-state index in [0.29, 0.717) is 57.4 Å². The smallest absolute Gasteiger partial charge is 0.343 e. The van der Waals surface area contributed by atoms with E-state index >= 15 is 4.39 Å². The number of primary amides is 1. The number of amides is 12. The molecule has 8 rings (SSSR count). The highest BCUT2D eigenvalue weighted by Gasteiger charge is 2.47. The van der Waals surface area contributed by atoms with Crippen molar-refractivity contribution >= 4 is 87.8 Å². The molecule has 550 valence electrons. The molecule has 35 nitrogen and oxygen atoms in total. The van der Waals surface area contributed by atoms with Crippen molar-refractivity contribution in [1.29, 1.82) is 0 Å². The minimum absolute atomic E-state index is 0.0206. The van der Waals surface area contributed by atoms with Gasteiger partial charge in [0.2, 0.25) is 70.9 Å². The van der Waals surface area contributed by atoms with Crippen LogP contribution in [0.1, 0.15) is 84.0 Å². The fraction of sp³-hybridized carbons (Fsp3) is 0.500. The zero-order valence-electron chi connectivity index (χ0n) is 57.0. The van der Waals surface area contributed by atoms with Gasteiger partial charge in [-0.05, 0) is 60.9 Å². The van der Waals surface area contributed by atoms with Crippen LogP contribution in [0.4, 0.5) is 4.39 Å². The highest BCUT2D eigenvalue weighted by Crippen LogP contribution is 2.46. The van der Waals surface area contributed by atoms with Gasteiger partial charge in [-0.3, -0.25) is 62.3 Å². The largest absolute Gasteiger partial charge is 0.458 e. The summed E-state index contributed by atoms with van der Waals surface area (Å²) in [4.78, 5) is 189. The Morgan fingerprint density at radius 3 is 2.01 bits per heavy atom. The molecule has 1 saturated heterocycles. The Labute approximate surface area is 582 Å². The van der Waals surface area contributed by atoms with E-state index in [2.05, 4.69) is 37.2 Å². The molecule has 4 aromatic rings. The number of likely N-dealkylation sites (N-methyl/N-ethyl adjacent to an activating group) is 4. The van der Waals surface area contributed by atoms with Crippen LogP contribution >= 0.6 is 0 Å². The molecule has 0 saturated carbocycles. The number of nitrogens with one attached hydrogen (secondary N) is 7. The molecule has 0 radical (unpaired) electrons. The average Bonchev–Trinajstić information content (AvgIpc) is 1.49. The van der Waals surface area contributed by atoms with Crippen LogP contribution in [0.3, 0.4) is 0 Å². The lowest BCUT2D eigenvalue weighted by Crippen LogP contribution is -2.52. The van der Waals surface area contributed by atoms with E-state index in [1.54, 1.807) is 50.2 Å². The number of aliphatic hydroxyl groups excluding tert-OH is 2. The second-order valence-corrected chi connectivity index (χ2v) is 25.4. The van der Waals surface area contributed by atoms with E-state index in [-0.39, 0.29) is 68.6 Å². The Hall–Kier alpha value is -10.4. The van der Waals surface area contributed by atoms with Crippen LogP contribution in [0.2, 0.25) is 0 Å². The normalized spacial score (nSPS) is 18.9. The van der Waals surface area contributed by atoms with Gasteiger partial charge in [0, 0.05) is 70.2 Å². The molecular formula is C66H84FN15O20. The number of ether oxygens (including phenoxy) is 3. The molecule has 5 heterocycles. The third kappa shape index (κ3) is 18.6. The maximum absolute atomic E-state index is 15.4. The highest BCUT2D eigenvalue weighted by atomic mass is 19.1. The molecule has 0 spiro atoms. The number of aryl methyl sites for hydroxylation is 1. The zero-order chi connectivity index (χ0) is 74.6. The molecule has 1 aliphatic carbocycles. The molecule has 12 amide bonds. The van der Waals surface area contributed by atoms with E-state index in [0.717, 1.165) is 19.6 Å². The molecule has 1 fully saturated rings. The van der Waals surface area contributed by atoms with Crippen LogP contribution in [0, 0.1) is 12.7 Å². The number of rotatable bonds is 32. The topological polar surface area (TPSA) is 494 Å². The monoisotopic (exact) mass is 1430 g/mol. The molecule has 2 aromatic carbocycles. The summed E-state index contributed by atoms with van der Waals surface area (Å²) in [7, 11) is 5.25. The van der Waals surface area contributed by atoms with Crippen molar-refractivity contribution in [3.63, 3.8) is 0 Å². The lowest BCUT2D eigenvalue weighted by atomic mass is 9.81. The van der Waals surface area contributed by atoms with Crippen LogP contribution in [0.5, 0.6) is 0 Å². The van der Waals surface area contributed by atoms with E-state index in [9.17, 15) is 82.4 Å². The number of cyclic esters (lactones) is 1. The lowest BCUT2D eigenvalue weighted by molar-refractivity contribution is -0.172. The minimum Gasteiger partial charge on any atom is -0.458 e. The van der Waals surface area contributed by atoms with Crippen molar-refractivity contribution in [2.24, 2.45) is 11.5 Å². The Balaban J connectivity index is 0.723. The highest BCUT2D eigenvalue weighted by molar-refractivity contribution is 5.96. The summed E-state index contributed by atoms with van der Waals surface area (Å²) in [6, 6.07) is 8.14. The second-order valence-electron chi connectivity index (χ2n) is 25.4. The number of hydrogen-bond donors (Lipinski definition) is 12. The van der Waals surface area contributed by atoms with Gasteiger partial charge >= 0.3 is 5.97 Å². The summed E-state index contributed by atoms with van der Waals surface area (Å²) in [6.07, 6.45) is -6.00. The van der Waals surface area contributed by atoms with Crippen molar-refractivity contribution in [2.45, 2.75) is 120 Å². The Bertz CT molecular complexity index is 4030. The summed E-state index contributed by atoms with van der Waals surface area (Å²) < 4.78 is 33.3. The van der Waals surface area contributed by atoms with Crippen LogP contribution in [0.25, 0.3) is 22.3 Å². The van der Waals surface area contributed by atoms with Gasteiger partial charge in [0.1, 0.15) is 50.1 Å². The quantitative estimate of drug-likeness (QED) is 0.0108. The predicted octanol–water partition coefficient (Wildman–Crippen LogP) is -5.78. The van der Waals surface area contributed by atoms with Crippen LogP contribution in [-0.4, -0.2) is 252 Å². The fourth-order valence-corrected chi connectivity index (χ4v) is 12.2. The number of fused-ring (bicyclic) bond motifs is 5. The van der Waals surface area contributed by atoms with E-state index < -0.39 is 195 Å². The summed E-state index contributed by atoms with van der Waals surface area (Å²) in [5, 5.41) is 50.8. The number of pyridine rings is 2. The van der Waals surface area contributed by atoms with Gasteiger partial charge in [0.15, 0.2) is 5.60 Å². The van der Waals surface area contributed by atoms with E-state index in [1.165, 1.54) is 38.8 Å². The number of aromatic nitrogens is 2. The number of carbonyl (C=O) groups excluding carboxylic acids is 13. The summed E-state index contributed by atoms with van der Waals surface area (Å²) in [5.74, 6) is -9.87. The van der Waals surface area contributed by atoms with Gasteiger partial charge in [0.25, 0.3) is 5.56 Å². The first-order valence-corrected chi connectivity index (χ1v) is 32.7. The molecule has 2 aromatic heterocycles. The van der Waals surface area contributed by atoms with E-state index in [4.69, 9.17) is 30.7 Å². The second kappa shape index (κ2) is 33.8. The zero-order valence-corrected chi connectivity index (χ0v) is 57.0. The van der Waals surface area contributed by atoms with E-state index in [1.807, 2.05) is 0 Å². The number of hydrogen-bond acceptors (Lipinski definition) is 22. The molecule has 3 aliphatic heterocycles. The van der Waals surface area contributed by atoms with Crippen LogP contribution in [-0.2, 0) is 108 Å². The fourth-order valence-electron chi connectivity index (χ4n) is 12.2. The molecule has 14 N–H and O–H groups in total. The molecule has 102 heavy (non-hydrogen) atoms. The van der Waals surface area contributed by atoms with Crippen molar-refractivity contribution in [1.82, 2.24) is 66.4 Å². The Morgan fingerprint density at radius 1 is 0.755 bits per heavy atom. The maximum atomic E-state index is 15.4. The first-order chi connectivity index (χ1) is 48.3. The van der Waals surface area contributed by atoms with Gasteiger partial charge in [-0.15, -0.1) is 0 Å². The van der Waals surface area contributed by atoms with Crippen molar-refractivity contribution in [3.8, 4) is 11.4 Å². The molecule has 36 heteroatoms.